The van der Waals surface area contributed by atoms with Crippen LogP contribution in [0.3, 0.4) is 0 Å². The van der Waals surface area contributed by atoms with E-state index < -0.39 is 0 Å². The van der Waals surface area contributed by atoms with Crippen LogP contribution >= 0.6 is 0 Å². The van der Waals surface area contributed by atoms with E-state index in [0.29, 0.717) is 18.0 Å². The van der Waals surface area contributed by atoms with Gasteiger partial charge in [0.2, 0.25) is 5.91 Å². The van der Waals surface area contributed by atoms with Gasteiger partial charge in [-0.05, 0) is 31.0 Å². The number of amides is 1. The molecule has 1 fully saturated rings. The topological polar surface area (TPSA) is 58.4 Å². The molecule has 1 aromatic rings. The second kappa shape index (κ2) is 4.04. The first-order chi connectivity index (χ1) is 7.92. The van der Waals surface area contributed by atoms with Crippen LogP contribution in [0.15, 0.2) is 24.3 Å². The van der Waals surface area contributed by atoms with Crippen molar-refractivity contribution < 1.29 is 4.79 Å². The quantitative estimate of drug-likeness (QED) is 0.767. The number of anilines is 2. The Bertz CT molecular complexity index is 444. The molecular formula is C13H19N3O. The van der Waals surface area contributed by atoms with Crippen molar-refractivity contribution in [3.63, 3.8) is 0 Å². The number of nitrogens with zero attached hydrogens (tertiary/aromatic N) is 1. The maximum atomic E-state index is 12.0. The normalized spacial score (nSPS) is 24.7. The molecular weight excluding hydrogens is 214 g/mol. The lowest BCUT2D eigenvalue weighted by Gasteiger charge is -2.29. The van der Waals surface area contributed by atoms with Crippen molar-refractivity contribution >= 4 is 17.3 Å². The number of nitrogens with two attached hydrogens (primary N) is 1. The van der Waals surface area contributed by atoms with Crippen LogP contribution in [0.2, 0.25) is 0 Å². The molecule has 1 heterocycles. The Balaban J connectivity index is 2.27. The van der Waals surface area contributed by atoms with Crippen LogP contribution < -0.4 is 16.2 Å². The van der Waals surface area contributed by atoms with E-state index in [9.17, 15) is 4.79 Å². The highest BCUT2D eigenvalue weighted by Crippen LogP contribution is 2.30. The molecule has 1 aliphatic rings. The second-order valence-electron chi connectivity index (χ2n) is 5.18. The third-order valence-electron chi connectivity index (χ3n) is 3.54. The van der Waals surface area contributed by atoms with E-state index in [1.54, 1.807) is 11.1 Å². The van der Waals surface area contributed by atoms with Crippen LogP contribution in [0.5, 0.6) is 0 Å². The summed E-state index contributed by atoms with van der Waals surface area (Å²) in [5.41, 5.74) is 10.3. The van der Waals surface area contributed by atoms with E-state index >= 15 is 0 Å². The van der Waals surface area contributed by atoms with Gasteiger partial charge in [0.15, 0.2) is 0 Å². The van der Waals surface area contributed by atoms with Crippen molar-refractivity contribution in [1.82, 2.24) is 5.43 Å². The minimum Gasteiger partial charge on any atom is -0.399 e. The molecule has 92 valence electrons. The van der Waals surface area contributed by atoms with E-state index in [4.69, 9.17) is 5.73 Å². The molecule has 17 heavy (non-hydrogen) atoms. The summed E-state index contributed by atoms with van der Waals surface area (Å²) in [4.78, 5) is 12.0. The molecule has 1 atom stereocenters. The van der Waals surface area contributed by atoms with E-state index in [-0.39, 0.29) is 11.4 Å². The van der Waals surface area contributed by atoms with Crippen LogP contribution in [0.25, 0.3) is 0 Å². The first kappa shape index (κ1) is 11.9. The maximum Gasteiger partial charge on any atom is 0.243 e. The minimum atomic E-state index is -0.179. The summed E-state index contributed by atoms with van der Waals surface area (Å²) in [5.74, 6) is 0.476. The molecule has 0 aliphatic carbocycles. The van der Waals surface area contributed by atoms with Gasteiger partial charge in [-0.2, -0.15) is 0 Å². The highest BCUT2D eigenvalue weighted by molar-refractivity contribution is 5.96. The number of benzene rings is 1. The Labute approximate surface area is 102 Å². The van der Waals surface area contributed by atoms with E-state index in [2.05, 4.69) is 26.2 Å². The molecule has 0 spiro atoms. The first-order valence-corrected chi connectivity index (χ1v) is 5.89. The van der Waals surface area contributed by atoms with Gasteiger partial charge in [-0.25, -0.2) is 10.4 Å². The third kappa shape index (κ3) is 2.13. The smallest absolute Gasteiger partial charge is 0.243 e. The van der Waals surface area contributed by atoms with Gasteiger partial charge in [-0.3, -0.25) is 4.79 Å². The van der Waals surface area contributed by atoms with E-state index in [1.807, 2.05) is 18.2 Å². The fourth-order valence-corrected chi connectivity index (χ4v) is 1.96. The highest BCUT2D eigenvalue weighted by atomic mass is 16.2. The number of hydrogen-bond donors (Lipinski definition) is 2. The lowest BCUT2D eigenvalue weighted by Crippen LogP contribution is -2.47. The van der Waals surface area contributed by atoms with Crippen LogP contribution in [0.1, 0.15) is 27.2 Å². The summed E-state index contributed by atoms with van der Waals surface area (Å²) in [6.07, 6.45) is 0.513. The summed E-state index contributed by atoms with van der Waals surface area (Å²) < 4.78 is 0. The van der Waals surface area contributed by atoms with Crippen molar-refractivity contribution in [2.45, 2.75) is 32.7 Å². The van der Waals surface area contributed by atoms with Gasteiger partial charge in [-0.15, -0.1) is 0 Å². The number of carbonyl (C=O) groups excluding carboxylic acids is 1. The lowest BCUT2D eigenvalue weighted by atomic mass is 9.87. The largest absolute Gasteiger partial charge is 0.399 e. The number of hydrogen-bond acceptors (Lipinski definition) is 3. The summed E-state index contributed by atoms with van der Waals surface area (Å²) in [5, 5.41) is 1.61. The van der Waals surface area contributed by atoms with Gasteiger partial charge in [-0.1, -0.05) is 19.9 Å². The summed E-state index contributed by atoms with van der Waals surface area (Å²) in [6, 6.07) is 7.35. The van der Waals surface area contributed by atoms with Crippen molar-refractivity contribution in [2.24, 2.45) is 5.92 Å². The number of nitrogen functional groups attached to an aromatic ring is 1. The monoisotopic (exact) mass is 233 g/mol. The molecule has 1 aromatic carbocycles. The molecule has 1 aliphatic heterocycles. The molecule has 0 saturated carbocycles. The van der Waals surface area contributed by atoms with Crippen LogP contribution in [-0.2, 0) is 4.79 Å². The Morgan fingerprint density at radius 1 is 1.47 bits per heavy atom. The van der Waals surface area contributed by atoms with Crippen LogP contribution in [-0.4, -0.2) is 11.4 Å². The number of nitrogens with one attached hydrogen (secondary N) is 1. The zero-order valence-electron chi connectivity index (χ0n) is 10.5. The molecule has 2 rings (SSSR count). The Hall–Kier alpha value is -1.55. The fourth-order valence-electron chi connectivity index (χ4n) is 1.96. The number of hydrazine groups is 1. The number of carbonyl (C=O) groups is 1. The predicted octanol–water partition coefficient (Wildman–Crippen LogP) is 1.92. The van der Waals surface area contributed by atoms with E-state index in [1.165, 1.54) is 0 Å². The third-order valence-corrected chi connectivity index (χ3v) is 3.54. The Morgan fingerprint density at radius 3 is 2.71 bits per heavy atom. The van der Waals surface area contributed by atoms with Crippen LogP contribution in [0.4, 0.5) is 11.4 Å². The average Bonchev–Trinajstić information content (AvgIpc) is 2.56. The van der Waals surface area contributed by atoms with Gasteiger partial charge < -0.3 is 5.73 Å². The standard InChI is InChI=1S/C13H19N3O/c1-9(2)13(3)8-12(17)16(15-13)11-6-4-5-10(14)7-11/h4-7,9,15H,8,14H2,1-3H3. The molecule has 1 amide bonds. The van der Waals surface area contributed by atoms with Gasteiger partial charge >= 0.3 is 0 Å². The zero-order chi connectivity index (χ0) is 12.6. The molecule has 0 bridgehead atoms. The molecule has 0 aromatic heterocycles. The van der Waals surface area contributed by atoms with Crippen LogP contribution in [0, 0.1) is 5.92 Å². The van der Waals surface area contributed by atoms with E-state index in [0.717, 1.165) is 5.69 Å². The van der Waals surface area contributed by atoms with Crippen molar-refractivity contribution in [1.29, 1.82) is 0 Å². The van der Waals surface area contributed by atoms with Crippen molar-refractivity contribution in [3.05, 3.63) is 24.3 Å². The maximum absolute atomic E-state index is 12.0. The van der Waals surface area contributed by atoms with Gasteiger partial charge in [0.05, 0.1) is 5.69 Å². The number of rotatable bonds is 2. The fraction of sp³-hybridized carbons (Fsp3) is 0.462. The highest BCUT2D eigenvalue weighted by Gasteiger charge is 2.41. The van der Waals surface area contributed by atoms with Gasteiger partial charge in [0, 0.05) is 17.6 Å². The summed E-state index contributed by atoms with van der Waals surface area (Å²) >= 11 is 0. The zero-order valence-corrected chi connectivity index (χ0v) is 10.5. The van der Waals surface area contributed by atoms with Gasteiger partial charge in [0.1, 0.15) is 0 Å². The molecule has 1 unspecified atom stereocenters. The molecule has 1 saturated heterocycles. The minimum absolute atomic E-state index is 0.0896. The van der Waals surface area contributed by atoms with Crippen molar-refractivity contribution in [3.8, 4) is 0 Å². The lowest BCUT2D eigenvalue weighted by molar-refractivity contribution is -0.117. The molecule has 4 nitrogen and oxygen atoms in total. The predicted molar refractivity (Wildman–Crippen MR) is 69.3 cm³/mol. The molecule has 0 radical (unpaired) electrons. The summed E-state index contributed by atoms with van der Waals surface area (Å²) in [7, 11) is 0. The Kier molecular flexibility index (Phi) is 2.83. The second-order valence-corrected chi connectivity index (χ2v) is 5.18. The van der Waals surface area contributed by atoms with Crippen molar-refractivity contribution in [2.75, 3.05) is 10.7 Å². The molecule has 3 N–H and O–H groups in total. The Morgan fingerprint density at radius 2 is 2.18 bits per heavy atom. The first-order valence-electron chi connectivity index (χ1n) is 5.89. The molecule has 4 heteroatoms. The summed E-state index contributed by atoms with van der Waals surface area (Å²) in [6.45, 7) is 6.30. The SMILES string of the molecule is CC(C)C1(C)CC(=O)N(c2cccc(N)c2)N1. The van der Waals surface area contributed by atoms with Gasteiger partial charge in [0.25, 0.3) is 0 Å². The average molecular weight is 233 g/mol.